The second-order valence-corrected chi connectivity index (χ2v) is 6.57. The lowest BCUT2D eigenvalue weighted by Gasteiger charge is -2.41. The standard InChI is InChI=1S/C16H30N4/c1-16(2,20-11-7-4-8-12-20)13-18-15(17-3)19-14-9-5-6-10-14/h5-6,14H,4,7-13H2,1-3H3,(H2,17,18,19). The van der Waals surface area contributed by atoms with Gasteiger partial charge < -0.3 is 10.6 Å². The molecule has 0 amide bonds. The quantitative estimate of drug-likeness (QED) is 0.470. The van der Waals surface area contributed by atoms with Crippen LogP contribution in [0.1, 0.15) is 46.0 Å². The smallest absolute Gasteiger partial charge is 0.191 e. The molecule has 0 aromatic heterocycles. The zero-order valence-corrected chi connectivity index (χ0v) is 13.3. The van der Waals surface area contributed by atoms with E-state index < -0.39 is 0 Å². The van der Waals surface area contributed by atoms with Gasteiger partial charge in [-0.3, -0.25) is 9.89 Å². The van der Waals surface area contributed by atoms with Crippen LogP contribution >= 0.6 is 0 Å². The van der Waals surface area contributed by atoms with E-state index >= 15 is 0 Å². The van der Waals surface area contributed by atoms with Crippen LogP contribution in [-0.4, -0.2) is 49.1 Å². The topological polar surface area (TPSA) is 39.7 Å². The third-order valence-corrected chi connectivity index (χ3v) is 4.47. The van der Waals surface area contributed by atoms with Gasteiger partial charge in [-0.2, -0.15) is 0 Å². The van der Waals surface area contributed by atoms with E-state index in [-0.39, 0.29) is 5.54 Å². The first-order chi connectivity index (χ1) is 9.62. The molecule has 1 aliphatic heterocycles. The van der Waals surface area contributed by atoms with E-state index in [9.17, 15) is 0 Å². The summed E-state index contributed by atoms with van der Waals surface area (Å²) in [5.74, 6) is 0.934. The molecule has 4 nitrogen and oxygen atoms in total. The number of nitrogens with zero attached hydrogens (tertiary/aromatic N) is 2. The number of nitrogens with one attached hydrogen (secondary N) is 2. The van der Waals surface area contributed by atoms with Gasteiger partial charge in [-0.25, -0.2) is 0 Å². The summed E-state index contributed by atoms with van der Waals surface area (Å²) in [6.07, 6.45) is 10.8. The van der Waals surface area contributed by atoms with E-state index in [1.807, 2.05) is 7.05 Å². The second kappa shape index (κ2) is 7.11. The molecule has 1 heterocycles. The number of hydrogen-bond donors (Lipinski definition) is 2. The number of piperidine rings is 1. The maximum atomic E-state index is 4.35. The first kappa shape index (κ1) is 15.4. The van der Waals surface area contributed by atoms with Crippen molar-refractivity contribution in [3.63, 3.8) is 0 Å². The van der Waals surface area contributed by atoms with E-state index in [4.69, 9.17) is 0 Å². The van der Waals surface area contributed by atoms with Gasteiger partial charge >= 0.3 is 0 Å². The predicted molar refractivity (Wildman–Crippen MR) is 86.2 cm³/mol. The summed E-state index contributed by atoms with van der Waals surface area (Å²) in [4.78, 5) is 6.95. The van der Waals surface area contributed by atoms with Crippen LogP contribution in [-0.2, 0) is 0 Å². The van der Waals surface area contributed by atoms with Crippen LogP contribution in [0.4, 0.5) is 0 Å². The minimum Gasteiger partial charge on any atom is -0.355 e. The first-order valence-electron chi connectivity index (χ1n) is 7.99. The summed E-state index contributed by atoms with van der Waals surface area (Å²) < 4.78 is 0. The summed E-state index contributed by atoms with van der Waals surface area (Å²) in [5.41, 5.74) is 0.186. The number of aliphatic imine (C=N–C) groups is 1. The van der Waals surface area contributed by atoms with E-state index in [0.717, 1.165) is 25.3 Å². The van der Waals surface area contributed by atoms with Crippen LogP contribution in [0, 0.1) is 0 Å². The van der Waals surface area contributed by atoms with Crippen molar-refractivity contribution in [2.75, 3.05) is 26.7 Å². The van der Waals surface area contributed by atoms with Gasteiger partial charge in [-0.15, -0.1) is 0 Å². The Bertz CT molecular complexity index is 345. The Balaban J connectivity index is 1.79. The molecule has 4 heteroatoms. The Morgan fingerprint density at radius 1 is 1.20 bits per heavy atom. The molecular formula is C16H30N4. The Morgan fingerprint density at radius 3 is 2.45 bits per heavy atom. The summed E-state index contributed by atoms with van der Waals surface area (Å²) in [6, 6.07) is 0.513. The molecule has 0 aromatic rings. The fraction of sp³-hybridized carbons (Fsp3) is 0.812. The Morgan fingerprint density at radius 2 is 1.85 bits per heavy atom. The summed E-state index contributed by atoms with van der Waals surface area (Å²) in [6.45, 7) is 8.05. The molecule has 0 atom stereocenters. The highest BCUT2D eigenvalue weighted by molar-refractivity contribution is 5.80. The highest BCUT2D eigenvalue weighted by Crippen LogP contribution is 2.19. The number of rotatable bonds is 4. The molecule has 0 bridgehead atoms. The van der Waals surface area contributed by atoms with Gasteiger partial charge in [-0.05, 0) is 52.6 Å². The monoisotopic (exact) mass is 278 g/mol. The molecule has 0 radical (unpaired) electrons. The molecule has 2 rings (SSSR count). The molecule has 2 N–H and O–H groups in total. The molecule has 0 saturated carbocycles. The Hall–Kier alpha value is -1.03. The lowest BCUT2D eigenvalue weighted by atomic mass is 9.98. The molecule has 0 spiro atoms. The average Bonchev–Trinajstić information content (AvgIpc) is 2.97. The van der Waals surface area contributed by atoms with Crippen molar-refractivity contribution in [3.8, 4) is 0 Å². The van der Waals surface area contributed by atoms with Gasteiger partial charge in [0.15, 0.2) is 5.96 Å². The molecule has 0 unspecified atom stereocenters. The van der Waals surface area contributed by atoms with Crippen molar-refractivity contribution in [3.05, 3.63) is 12.2 Å². The second-order valence-electron chi connectivity index (χ2n) is 6.57. The van der Waals surface area contributed by atoms with Crippen molar-refractivity contribution < 1.29 is 0 Å². The van der Waals surface area contributed by atoms with Crippen LogP contribution in [0.2, 0.25) is 0 Å². The lowest BCUT2D eigenvalue weighted by Crippen LogP contribution is -2.55. The Kier molecular flexibility index (Phi) is 5.46. The fourth-order valence-corrected chi connectivity index (χ4v) is 3.03. The van der Waals surface area contributed by atoms with E-state index in [1.54, 1.807) is 0 Å². The van der Waals surface area contributed by atoms with Crippen LogP contribution in [0.15, 0.2) is 17.1 Å². The third-order valence-electron chi connectivity index (χ3n) is 4.47. The molecule has 1 aliphatic carbocycles. The lowest BCUT2D eigenvalue weighted by molar-refractivity contribution is 0.0982. The van der Waals surface area contributed by atoms with E-state index in [0.29, 0.717) is 6.04 Å². The summed E-state index contributed by atoms with van der Waals surface area (Å²) >= 11 is 0. The molecule has 1 fully saturated rings. The van der Waals surface area contributed by atoms with Gasteiger partial charge in [0.05, 0.1) is 0 Å². The van der Waals surface area contributed by atoms with Crippen molar-refractivity contribution in [2.24, 2.45) is 4.99 Å². The van der Waals surface area contributed by atoms with Gasteiger partial charge in [-0.1, -0.05) is 18.6 Å². The van der Waals surface area contributed by atoms with Gasteiger partial charge in [0.25, 0.3) is 0 Å². The SMILES string of the molecule is CN=C(NCC(C)(C)N1CCCCC1)NC1CC=CC1. The van der Waals surface area contributed by atoms with Crippen molar-refractivity contribution in [1.29, 1.82) is 0 Å². The number of likely N-dealkylation sites (tertiary alicyclic amines) is 1. The maximum absolute atomic E-state index is 4.35. The highest BCUT2D eigenvalue weighted by atomic mass is 15.2. The van der Waals surface area contributed by atoms with Crippen molar-refractivity contribution >= 4 is 5.96 Å². The van der Waals surface area contributed by atoms with E-state index in [2.05, 4.69) is 46.5 Å². The zero-order valence-electron chi connectivity index (χ0n) is 13.3. The molecule has 1 saturated heterocycles. The minimum atomic E-state index is 0.186. The number of hydrogen-bond acceptors (Lipinski definition) is 2. The molecule has 2 aliphatic rings. The largest absolute Gasteiger partial charge is 0.355 e. The molecule has 114 valence electrons. The highest BCUT2D eigenvalue weighted by Gasteiger charge is 2.28. The Labute approximate surface area is 123 Å². The molecule has 0 aromatic carbocycles. The third kappa shape index (κ3) is 4.23. The van der Waals surface area contributed by atoms with Crippen LogP contribution in [0.5, 0.6) is 0 Å². The van der Waals surface area contributed by atoms with Crippen LogP contribution in [0.25, 0.3) is 0 Å². The van der Waals surface area contributed by atoms with Crippen molar-refractivity contribution in [2.45, 2.75) is 57.5 Å². The van der Waals surface area contributed by atoms with Crippen molar-refractivity contribution in [1.82, 2.24) is 15.5 Å². The van der Waals surface area contributed by atoms with Gasteiger partial charge in [0, 0.05) is 25.2 Å². The normalized spacial score (nSPS) is 22.2. The summed E-state index contributed by atoms with van der Waals surface area (Å²) in [5, 5.41) is 7.00. The zero-order chi connectivity index (χ0) is 14.4. The van der Waals surface area contributed by atoms with Crippen LogP contribution in [0.3, 0.4) is 0 Å². The minimum absolute atomic E-state index is 0.186. The molecule has 20 heavy (non-hydrogen) atoms. The first-order valence-corrected chi connectivity index (χ1v) is 7.99. The maximum Gasteiger partial charge on any atom is 0.191 e. The summed E-state index contributed by atoms with van der Waals surface area (Å²) in [7, 11) is 1.85. The molecular weight excluding hydrogens is 248 g/mol. The number of guanidine groups is 1. The predicted octanol–water partition coefficient (Wildman–Crippen LogP) is 2.13. The van der Waals surface area contributed by atoms with Crippen LogP contribution < -0.4 is 10.6 Å². The van der Waals surface area contributed by atoms with Gasteiger partial charge in [0.1, 0.15) is 0 Å². The fourth-order valence-electron chi connectivity index (χ4n) is 3.03. The van der Waals surface area contributed by atoms with Gasteiger partial charge in [0.2, 0.25) is 0 Å². The van der Waals surface area contributed by atoms with E-state index in [1.165, 1.54) is 32.4 Å². The average molecular weight is 278 g/mol.